The molecule has 2 fully saturated rings. The number of aromatic amines is 1. The van der Waals surface area contributed by atoms with Gasteiger partial charge in [0.2, 0.25) is 0 Å². The van der Waals surface area contributed by atoms with E-state index in [9.17, 15) is 15.3 Å². The average molecular weight is 622 g/mol. The van der Waals surface area contributed by atoms with Crippen molar-refractivity contribution in [1.82, 2.24) is 9.88 Å². The molecule has 1 aromatic heterocycles. The van der Waals surface area contributed by atoms with Gasteiger partial charge in [0.05, 0.1) is 38.9 Å². The summed E-state index contributed by atoms with van der Waals surface area (Å²) >= 11 is 0. The Hall–Kier alpha value is -3.82. The lowest BCUT2D eigenvalue weighted by Crippen LogP contribution is -2.79. The normalized spacial score (nSPS) is 31.9. The van der Waals surface area contributed by atoms with E-state index in [1.54, 1.807) is 14.2 Å². The molecule has 4 heterocycles. The second kappa shape index (κ2) is 10.3. The largest absolute Gasteiger partial charge is 0.497 e. The Bertz CT molecular complexity index is 1800. The van der Waals surface area contributed by atoms with Crippen LogP contribution in [0.2, 0.25) is 0 Å². The highest BCUT2D eigenvalue weighted by Gasteiger charge is 2.76. The molecular formula is C38H43N3O5. The molecule has 0 radical (unpaired) electrons. The Kier molecular flexibility index (Phi) is 6.65. The zero-order valence-electron chi connectivity index (χ0n) is 26.9. The van der Waals surface area contributed by atoms with Gasteiger partial charge in [-0.05, 0) is 66.2 Å². The molecule has 1 spiro atoms. The number of hydrogen-bond acceptors (Lipinski definition) is 7. The fraction of sp³-hybridized carbons (Fsp3) is 0.421. The molecule has 4 aliphatic rings. The molecule has 7 unspecified atom stereocenters. The van der Waals surface area contributed by atoms with Crippen molar-refractivity contribution in [3.05, 3.63) is 101 Å². The first kappa shape index (κ1) is 29.6. The molecule has 7 atom stereocenters. The number of benzene rings is 3. The van der Waals surface area contributed by atoms with Crippen LogP contribution in [0.4, 0.5) is 5.69 Å². The summed E-state index contributed by atoms with van der Waals surface area (Å²) in [4.78, 5) is 8.30. The summed E-state index contributed by atoms with van der Waals surface area (Å²) in [5.74, 6) is 1.35. The van der Waals surface area contributed by atoms with Crippen LogP contribution < -0.4 is 14.4 Å². The van der Waals surface area contributed by atoms with Crippen LogP contribution in [0.1, 0.15) is 48.1 Å². The maximum Gasteiger partial charge on any atom is 0.135 e. The zero-order chi connectivity index (χ0) is 32.0. The predicted octanol–water partition coefficient (Wildman–Crippen LogP) is 4.56. The quantitative estimate of drug-likeness (QED) is 0.225. The highest BCUT2D eigenvalue weighted by molar-refractivity contribution is 5.81. The maximum atomic E-state index is 12.5. The first-order valence-corrected chi connectivity index (χ1v) is 16.4. The minimum absolute atomic E-state index is 0.0423. The van der Waals surface area contributed by atoms with Gasteiger partial charge in [0, 0.05) is 59.0 Å². The van der Waals surface area contributed by atoms with E-state index in [1.165, 1.54) is 0 Å². The number of aliphatic hydroxyl groups excluding tert-OH is 2. The van der Waals surface area contributed by atoms with Gasteiger partial charge in [-0.3, -0.25) is 4.90 Å². The SMILES string of the molecule is CCC12C=CCN3CCC4(c5cc(C(c6ccc(OC)cc6)c6cc7ccccc7[nH]6)c(OC)cc5N(C)C4C(O)(CO)C1O)C32. The van der Waals surface area contributed by atoms with E-state index in [-0.39, 0.29) is 12.0 Å². The number of para-hydroxylation sites is 1. The van der Waals surface area contributed by atoms with E-state index in [4.69, 9.17) is 9.47 Å². The summed E-state index contributed by atoms with van der Waals surface area (Å²) in [5, 5.41) is 36.6. The number of nitrogens with one attached hydrogen (secondary N) is 1. The molecule has 1 saturated carbocycles. The van der Waals surface area contributed by atoms with Crippen LogP contribution in [0.5, 0.6) is 11.5 Å². The molecule has 4 N–H and O–H groups in total. The number of rotatable bonds is 7. The number of fused-ring (bicyclic) bond motifs is 2. The third-order valence-corrected chi connectivity index (χ3v) is 12.0. The molecule has 0 amide bonds. The molecule has 3 aliphatic heterocycles. The van der Waals surface area contributed by atoms with Crippen molar-refractivity contribution in [3.8, 4) is 11.5 Å². The fourth-order valence-corrected chi connectivity index (χ4v) is 10.2. The molecule has 1 saturated heterocycles. The number of ether oxygens (including phenoxy) is 2. The Labute approximate surface area is 269 Å². The van der Waals surface area contributed by atoms with Crippen molar-refractivity contribution in [3.63, 3.8) is 0 Å². The summed E-state index contributed by atoms with van der Waals surface area (Å²) in [6.45, 7) is 3.21. The summed E-state index contributed by atoms with van der Waals surface area (Å²) < 4.78 is 11.7. The van der Waals surface area contributed by atoms with Crippen LogP contribution in [-0.2, 0) is 5.41 Å². The topological polar surface area (TPSA) is 101 Å². The lowest BCUT2D eigenvalue weighted by molar-refractivity contribution is -0.213. The molecule has 0 bridgehead atoms. The summed E-state index contributed by atoms with van der Waals surface area (Å²) in [7, 11) is 5.38. The Morgan fingerprint density at radius 3 is 2.50 bits per heavy atom. The predicted molar refractivity (Wildman–Crippen MR) is 179 cm³/mol. The smallest absolute Gasteiger partial charge is 0.135 e. The molecule has 8 rings (SSSR count). The summed E-state index contributed by atoms with van der Waals surface area (Å²) in [5.41, 5.74) is 3.36. The van der Waals surface area contributed by atoms with Crippen LogP contribution in [0.15, 0.2) is 78.9 Å². The zero-order valence-corrected chi connectivity index (χ0v) is 26.9. The highest BCUT2D eigenvalue weighted by atomic mass is 16.5. The first-order chi connectivity index (χ1) is 22.3. The van der Waals surface area contributed by atoms with Gasteiger partial charge in [0.15, 0.2) is 0 Å². The van der Waals surface area contributed by atoms with Crippen molar-refractivity contribution < 1.29 is 24.8 Å². The van der Waals surface area contributed by atoms with Gasteiger partial charge < -0.3 is 34.7 Å². The van der Waals surface area contributed by atoms with Gasteiger partial charge in [-0.1, -0.05) is 49.4 Å². The summed E-state index contributed by atoms with van der Waals surface area (Å²) in [6.07, 6.45) is 4.59. The molecule has 46 heavy (non-hydrogen) atoms. The van der Waals surface area contributed by atoms with Gasteiger partial charge in [-0.15, -0.1) is 0 Å². The molecule has 240 valence electrons. The molecule has 8 nitrogen and oxygen atoms in total. The molecule has 8 heteroatoms. The number of anilines is 1. The summed E-state index contributed by atoms with van der Waals surface area (Å²) in [6, 6.07) is 22.6. The van der Waals surface area contributed by atoms with Crippen molar-refractivity contribution >= 4 is 16.6 Å². The van der Waals surface area contributed by atoms with Crippen molar-refractivity contribution in [2.45, 2.75) is 54.9 Å². The van der Waals surface area contributed by atoms with Gasteiger partial charge in [0.1, 0.15) is 17.1 Å². The Morgan fingerprint density at radius 1 is 1.02 bits per heavy atom. The lowest BCUT2D eigenvalue weighted by Gasteiger charge is -2.63. The highest BCUT2D eigenvalue weighted by Crippen LogP contribution is 2.67. The van der Waals surface area contributed by atoms with Crippen LogP contribution in [0.25, 0.3) is 10.9 Å². The Balaban J connectivity index is 1.40. The maximum absolute atomic E-state index is 12.5. The first-order valence-electron chi connectivity index (χ1n) is 16.4. The Morgan fingerprint density at radius 2 is 1.80 bits per heavy atom. The average Bonchev–Trinajstić information content (AvgIpc) is 3.77. The number of nitrogens with zero attached hydrogens (tertiary/aromatic N) is 2. The van der Waals surface area contributed by atoms with Crippen molar-refractivity contribution in [1.29, 1.82) is 0 Å². The van der Waals surface area contributed by atoms with E-state index >= 15 is 0 Å². The third-order valence-electron chi connectivity index (χ3n) is 12.0. The van der Waals surface area contributed by atoms with Crippen molar-refractivity contribution in [2.75, 3.05) is 45.9 Å². The minimum Gasteiger partial charge on any atom is -0.497 e. The number of aliphatic hydroxyl groups is 3. The van der Waals surface area contributed by atoms with Gasteiger partial charge >= 0.3 is 0 Å². The number of H-pyrrole nitrogens is 1. The van der Waals surface area contributed by atoms with Crippen LogP contribution in [0, 0.1) is 5.41 Å². The lowest BCUT2D eigenvalue weighted by atomic mass is 9.48. The molecule has 4 aromatic rings. The number of likely N-dealkylation sites (N-methyl/N-ethyl adjacent to an activating group) is 1. The van der Waals surface area contributed by atoms with Gasteiger partial charge in [0.25, 0.3) is 0 Å². The third kappa shape index (κ3) is 3.64. The van der Waals surface area contributed by atoms with Crippen LogP contribution in [0.3, 0.4) is 0 Å². The number of aromatic nitrogens is 1. The molecular weight excluding hydrogens is 578 g/mol. The van der Waals surface area contributed by atoms with E-state index in [0.29, 0.717) is 6.42 Å². The second-order valence-corrected chi connectivity index (χ2v) is 13.8. The second-order valence-electron chi connectivity index (χ2n) is 13.8. The van der Waals surface area contributed by atoms with Gasteiger partial charge in [-0.2, -0.15) is 0 Å². The minimum atomic E-state index is -1.74. The fourth-order valence-electron chi connectivity index (χ4n) is 10.2. The standard InChI is InChI=1S/C38H43N3O5/c1-5-36-15-8-17-41-18-16-37(33(36)41)27-20-26(31(46-4)21-30(27)40(2)34(37)38(44,22-42)35(36)43)32(23-11-13-25(45-3)14-12-23)29-19-24-9-6-7-10-28(24)39-29/h6-15,19-21,32-35,39,42-44H,5,16-18,22H2,1-4H3. The van der Waals surface area contributed by atoms with Gasteiger partial charge in [-0.25, -0.2) is 0 Å². The van der Waals surface area contributed by atoms with Crippen LogP contribution >= 0.6 is 0 Å². The molecule has 1 aliphatic carbocycles. The monoisotopic (exact) mass is 621 g/mol. The molecule has 3 aromatic carbocycles. The van der Waals surface area contributed by atoms with E-state index < -0.39 is 35.2 Å². The van der Waals surface area contributed by atoms with Crippen molar-refractivity contribution in [2.24, 2.45) is 5.41 Å². The van der Waals surface area contributed by atoms with E-state index in [0.717, 1.165) is 70.0 Å². The number of hydrogen-bond donors (Lipinski definition) is 4. The van der Waals surface area contributed by atoms with Crippen LogP contribution in [-0.4, -0.2) is 90.0 Å². The van der Waals surface area contributed by atoms with E-state index in [1.807, 2.05) is 25.2 Å². The van der Waals surface area contributed by atoms with E-state index in [2.05, 4.69) is 82.4 Å². The number of methoxy groups -OCH3 is 2.